The van der Waals surface area contributed by atoms with Crippen LogP contribution in [0.4, 0.5) is 0 Å². The summed E-state index contributed by atoms with van der Waals surface area (Å²) in [4.78, 5) is 11.0. The van der Waals surface area contributed by atoms with Crippen molar-refractivity contribution in [2.24, 2.45) is 5.41 Å². The van der Waals surface area contributed by atoms with Crippen molar-refractivity contribution in [3.8, 4) is 0 Å². The predicted molar refractivity (Wildman–Crippen MR) is 109 cm³/mol. The van der Waals surface area contributed by atoms with Crippen LogP contribution in [0, 0.1) is 5.41 Å². The van der Waals surface area contributed by atoms with Crippen molar-refractivity contribution in [3.05, 3.63) is 67.3 Å². The first kappa shape index (κ1) is 19.4. The van der Waals surface area contributed by atoms with E-state index < -0.39 is 0 Å². The van der Waals surface area contributed by atoms with Gasteiger partial charge >= 0.3 is 4.87 Å². The van der Waals surface area contributed by atoms with Gasteiger partial charge in [-0.15, -0.1) is 0 Å². The molecule has 1 aromatic rings. The second-order valence-electron chi connectivity index (χ2n) is 7.37. The Morgan fingerprint density at radius 3 is 2.64 bits per heavy atom. The molecule has 2 rings (SSSR count). The summed E-state index contributed by atoms with van der Waals surface area (Å²) >= 11 is 1.12. The Labute approximate surface area is 154 Å². The summed E-state index contributed by atoms with van der Waals surface area (Å²) in [5.74, 6) is 0. The maximum atomic E-state index is 11.1. The van der Waals surface area contributed by atoms with E-state index in [0.29, 0.717) is 5.01 Å². The molecule has 0 spiro atoms. The lowest BCUT2D eigenvalue weighted by molar-refractivity contribution is 0.377. The van der Waals surface area contributed by atoms with Gasteiger partial charge in [0.2, 0.25) is 0 Å². The first-order valence-corrected chi connectivity index (χ1v) is 9.57. The standard InChI is InChI=1S/C21H28N2OS/c1-15(11-12-18-17(3)10-7-13-21(18,4)5)8-6-9-16(2)14-19-22-23-20(24)25-19/h6,8-9,11-12,14H,7,10,13H2,1-5H3,(H,23,24)/b9-6+,12-11+,15-8+,16-14+. The summed E-state index contributed by atoms with van der Waals surface area (Å²) in [7, 11) is 0. The average Bonchev–Trinajstić information content (AvgIpc) is 2.91. The Balaban J connectivity index is 2.04. The van der Waals surface area contributed by atoms with Crippen LogP contribution in [0.15, 0.2) is 57.5 Å². The van der Waals surface area contributed by atoms with Crippen molar-refractivity contribution in [1.82, 2.24) is 10.2 Å². The third-order valence-electron chi connectivity index (χ3n) is 4.58. The van der Waals surface area contributed by atoms with Gasteiger partial charge in [-0.05, 0) is 62.7 Å². The number of nitrogens with zero attached hydrogens (tertiary/aromatic N) is 1. The van der Waals surface area contributed by atoms with E-state index in [1.165, 1.54) is 36.0 Å². The van der Waals surface area contributed by atoms with Gasteiger partial charge in [-0.25, -0.2) is 5.10 Å². The Bertz CT molecular complexity index is 813. The molecule has 1 N–H and O–H groups in total. The molecule has 25 heavy (non-hydrogen) atoms. The molecule has 0 saturated carbocycles. The maximum absolute atomic E-state index is 11.1. The zero-order valence-electron chi connectivity index (χ0n) is 15.8. The highest BCUT2D eigenvalue weighted by molar-refractivity contribution is 7.09. The van der Waals surface area contributed by atoms with E-state index in [1.807, 2.05) is 25.2 Å². The molecular weight excluding hydrogens is 328 g/mol. The molecule has 1 aliphatic rings. The van der Waals surface area contributed by atoms with Crippen LogP contribution in [0.1, 0.15) is 58.9 Å². The van der Waals surface area contributed by atoms with E-state index in [2.05, 4.69) is 56.1 Å². The second kappa shape index (κ2) is 8.43. The molecule has 4 heteroatoms. The molecule has 0 atom stereocenters. The number of hydrogen-bond donors (Lipinski definition) is 1. The normalized spacial score (nSPS) is 19.4. The number of hydrogen-bond acceptors (Lipinski definition) is 3. The molecular formula is C21H28N2OS. The first-order valence-electron chi connectivity index (χ1n) is 8.75. The molecule has 0 bridgehead atoms. The Morgan fingerprint density at radius 2 is 2.00 bits per heavy atom. The molecule has 0 aromatic carbocycles. The van der Waals surface area contributed by atoms with E-state index in [9.17, 15) is 4.79 Å². The van der Waals surface area contributed by atoms with Gasteiger partial charge in [-0.3, -0.25) is 4.79 Å². The van der Waals surface area contributed by atoms with Crippen LogP contribution in [0.25, 0.3) is 6.08 Å². The average molecular weight is 357 g/mol. The van der Waals surface area contributed by atoms with Crippen LogP contribution in [0.5, 0.6) is 0 Å². The van der Waals surface area contributed by atoms with Gasteiger partial charge in [-0.2, -0.15) is 5.10 Å². The van der Waals surface area contributed by atoms with Crippen molar-refractivity contribution in [2.75, 3.05) is 0 Å². The number of rotatable bonds is 5. The highest BCUT2D eigenvalue weighted by atomic mass is 32.1. The summed E-state index contributed by atoms with van der Waals surface area (Å²) in [5.41, 5.74) is 5.56. The number of allylic oxidation sites excluding steroid dienone is 9. The Morgan fingerprint density at radius 1 is 1.24 bits per heavy atom. The third-order valence-corrected chi connectivity index (χ3v) is 5.27. The molecule has 3 nitrogen and oxygen atoms in total. The number of nitrogens with one attached hydrogen (secondary N) is 1. The number of aromatic nitrogens is 2. The third kappa shape index (κ3) is 5.82. The number of H-pyrrole nitrogens is 1. The molecule has 0 aliphatic heterocycles. The SMILES string of the molecule is CC1=C(/C=C/C(C)=C/C=C/C(C)=C/c2n[nH]c(=O)s2)C(C)(C)CCC1. The van der Waals surface area contributed by atoms with E-state index in [0.717, 1.165) is 16.9 Å². The molecule has 134 valence electrons. The van der Waals surface area contributed by atoms with Crippen molar-refractivity contribution in [2.45, 2.75) is 53.9 Å². The first-order chi connectivity index (χ1) is 11.8. The minimum absolute atomic E-state index is 0.126. The van der Waals surface area contributed by atoms with Crippen LogP contribution in [-0.4, -0.2) is 10.2 Å². The molecule has 0 unspecified atom stereocenters. The lowest BCUT2D eigenvalue weighted by atomic mass is 9.72. The molecule has 1 heterocycles. The monoisotopic (exact) mass is 356 g/mol. The van der Waals surface area contributed by atoms with Crippen LogP contribution in [-0.2, 0) is 0 Å². The lowest BCUT2D eigenvalue weighted by Gasteiger charge is -2.32. The van der Waals surface area contributed by atoms with Crippen LogP contribution >= 0.6 is 11.3 Å². The van der Waals surface area contributed by atoms with Gasteiger partial charge in [0, 0.05) is 0 Å². The summed E-state index contributed by atoms with van der Waals surface area (Å²) in [6.07, 6.45) is 16.3. The second-order valence-corrected chi connectivity index (χ2v) is 8.37. The highest BCUT2D eigenvalue weighted by Crippen LogP contribution is 2.40. The molecule has 0 saturated heterocycles. The fourth-order valence-corrected chi connectivity index (χ4v) is 3.80. The van der Waals surface area contributed by atoms with Gasteiger partial charge in [0.15, 0.2) is 0 Å². The van der Waals surface area contributed by atoms with Crippen LogP contribution < -0.4 is 4.87 Å². The largest absolute Gasteiger partial charge is 0.322 e. The molecule has 1 aliphatic carbocycles. The topological polar surface area (TPSA) is 45.8 Å². The van der Waals surface area contributed by atoms with Gasteiger partial charge in [-0.1, -0.05) is 66.7 Å². The summed E-state index contributed by atoms with van der Waals surface area (Å²) in [6, 6.07) is 0. The van der Waals surface area contributed by atoms with E-state index in [4.69, 9.17) is 0 Å². The van der Waals surface area contributed by atoms with Crippen LogP contribution in [0.3, 0.4) is 0 Å². The lowest BCUT2D eigenvalue weighted by Crippen LogP contribution is -2.19. The van der Waals surface area contributed by atoms with E-state index in [-0.39, 0.29) is 10.3 Å². The van der Waals surface area contributed by atoms with E-state index in [1.54, 1.807) is 0 Å². The fraction of sp³-hybridized carbons (Fsp3) is 0.429. The minimum Gasteiger partial charge on any atom is -0.255 e. The van der Waals surface area contributed by atoms with Crippen molar-refractivity contribution in [1.29, 1.82) is 0 Å². The smallest absolute Gasteiger partial charge is 0.255 e. The molecule has 0 radical (unpaired) electrons. The zero-order chi connectivity index (χ0) is 18.4. The molecule has 0 fully saturated rings. The molecule has 1 aromatic heterocycles. The van der Waals surface area contributed by atoms with Gasteiger partial charge < -0.3 is 0 Å². The predicted octanol–water partition coefficient (Wildman–Crippen LogP) is 5.82. The molecule has 0 amide bonds. The van der Waals surface area contributed by atoms with Crippen LogP contribution in [0.2, 0.25) is 0 Å². The summed E-state index contributed by atoms with van der Waals surface area (Å²) < 4.78 is 0. The number of aromatic amines is 1. The maximum Gasteiger partial charge on any atom is 0.322 e. The quantitative estimate of drug-likeness (QED) is 0.676. The van der Waals surface area contributed by atoms with Gasteiger partial charge in [0.1, 0.15) is 5.01 Å². The fourth-order valence-electron chi connectivity index (χ4n) is 3.18. The van der Waals surface area contributed by atoms with Crippen molar-refractivity contribution < 1.29 is 0 Å². The van der Waals surface area contributed by atoms with Crippen molar-refractivity contribution in [3.63, 3.8) is 0 Å². The van der Waals surface area contributed by atoms with Gasteiger partial charge in [0.05, 0.1) is 0 Å². The van der Waals surface area contributed by atoms with E-state index >= 15 is 0 Å². The van der Waals surface area contributed by atoms with Gasteiger partial charge in [0.25, 0.3) is 0 Å². The highest BCUT2D eigenvalue weighted by Gasteiger charge is 2.26. The van der Waals surface area contributed by atoms with Crippen molar-refractivity contribution >= 4 is 17.4 Å². The Kier molecular flexibility index (Phi) is 6.54. The Hall–Kier alpha value is -1.94. The summed E-state index contributed by atoms with van der Waals surface area (Å²) in [6.45, 7) is 11.1. The zero-order valence-corrected chi connectivity index (χ0v) is 16.7. The minimum atomic E-state index is -0.126. The summed E-state index contributed by atoms with van der Waals surface area (Å²) in [5, 5.41) is 7.07.